The van der Waals surface area contributed by atoms with Crippen LogP contribution in [-0.2, 0) is 20.6 Å². The van der Waals surface area contributed by atoms with Gasteiger partial charge in [-0.25, -0.2) is 0 Å². The molecule has 2 atom stereocenters. The highest BCUT2D eigenvalue weighted by molar-refractivity contribution is 6.74. The van der Waals surface area contributed by atoms with Gasteiger partial charge in [-0.05, 0) is 30.6 Å². The summed E-state index contributed by atoms with van der Waals surface area (Å²) in [4.78, 5) is 11.3. The second-order valence-electron chi connectivity index (χ2n) is 6.98. The average molecular weight is 308 g/mol. The Morgan fingerprint density at radius 1 is 1.19 bits per heavy atom. The molecule has 0 bridgehead atoms. The number of aldehydes is 1. The van der Waals surface area contributed by atoms with Gasteiger partial charge in [0.05, 0.1) is 12.7 Å². The standard InChI is InChI=1S/C17H28O3Si/c1-14(20-21(5,6)17(2,3)4)16(12-18)19-13-15-10-8-7-9-11-15/h7-12,14,16H,13H2,1-6H3/t14-,16-/m1/s1. The maximum Gasteiger partial charge on any atom is 0.192 e. The van der Waals surface area contributed by atoms with Crippen LogP contribution in [0.25, 0.3) is 0 Å². The van der Waals surface area contributed by atoms with Crippen molar-refractivity contribution in [3.63, 3.8) is 0 Å². The van der Waals surface area contributed by atoms with E-state index in [4.69, 9.17) is 9.16 Å². The molecule has 3 nitrogen and oxygen atoms in total. The van der Waals surface area contributed by atoms with Gasteiger partial charge in [0.15, 0.2) is 14.6 Å². The molecule has 0 aromatic heterocycles. The highest BCUT2D eigenvalue weighted by atomic mass is 28.4. The van der Waals surface area contributed by atoms with Crippen LogP contribution in [0.5, 0.6) is 0 Å². The normalized spacial score (nSPS) is 15.5. The molecule has 4 heteroatoms. The van der Waals surface area contributed by atoms with E-state index in [9.17, 15) is 4.79 Å². The minimum Gasteiger partial charge on any atom is -0.411 e. The summed E-state index contributed by atoms with van der Waals surface area (Å²) in [5, 5.41) is 0.119. The van der Waals surface area contributed by atoms with E-state index in [0.29, 0.717) is 6.61 Å². The number of carbonyl (C=O) groups excluding carboxylic acids is 1. The lowest BCUT2D eigenvalue weighted by Crippen LogP contribution is -2.47. The maximum absolute atomic E-state index is 11.3. The Balaban J connectivity index is 2.61. The fraction of sp³-hybridized carbons (Fsp3) is 0.588. The SMILES string of the molecule is C[C@@H](O[Si](C)(C)C(C)(C)C)[C@@H](C=O)OCc1ccccc1. The van der Waals surface area contributed by atoms with Gasteiger partial charge in [-0.15, -0.1) is 0 Å². The number of rotatable bonds is 7. The summed E-state index contributed by atoms with van der Waals surface area (Å²) in [5.41, 5.74) is 1.06. The smallest absolute Gasteiger partial charge is 0.192 e. The van der Waals surface area contributed by atoms with Gasteiger partial charge in [0.1, 0.15) is 6.10 Å². The monoisotopic (exact) mass is 308 g/mol. The molecule has 0 saturated carbocycles. The van der Waals surface area contributed by atoms with Crippen molar-refractivity contribution in [3.8, 4) is 0 Å². The lowest BCUT2D eigenvalue weighted by atomic mass is 10.2. The van der Waals surface area contributed by atoms with Gasteiger partial charge in [-0.2, -0.15) is 0 Å². The first-order chi connectivity index (χ1) is 9.67. The van der Waals surface area contributed by atoms with E-state index in [1.54, 1.807) is 0 Å². The molecule has 0 radical (unpaired) electrons. The van der Waals surface area contributed by atoms with Crippen molar-refractivity contribution in [2.75, 3.05) is 0 Å². The first-order valence-corrected chi connectivity index (χ1v) is 10.4. The highest BCUT2D eigenvalue weighted by Crippen LogP contribution is 2.37. The zero-order valence-electron chi connectivity index (χ0n) is 14.1. The molecule has 21 heavy (non-hydrogen) atoms. The average Bonchev–Trinajstić information content (AvgIpc) is 2.38. The predicted octanol–water partition coefficient (Wildman–Crippen LogP) is 4.18. The van der Waals surface area contributed by atoms with Gasteiger partial charge in [0.25, 0.3) is 0 Å². The summed E-state index contributed by atoms with van der Waals surface area (Å²) >= 11 is 0. The molecular formula is C17H28O3Si. The third kappa shape index (κ3) is 5.38. The molecule has 0 aliphatic carbocycles. The van der Waals surface area contributed by atoms with E-state index in [1.165, 1.54) is 0 Å². The van der Waals surface area contributed by atoms with Crippen LogP contribution in [0.2, 0.25) is 18.1 Å². The van der Waals surface area contributed by atoms with E-state index < -0.39 is 14.4 Å². The van der Waals surface area contributed by atoms with Gasteiger partial charge >= 0.3 is 0 Å². The molecule has 0 saturated heterocycles. The molecule has 0 fully saturated rings. The number of ether oxygens (including phenoxy) is 1. The summed E-state index contributed by atoms with van der Waals surface area (Å²) in [6.07, 6.45) is 0.0900. The summed E-state index contributed by atoms with van der Waals surface area (Å²) in [5.74, 6) is 0. The van der Waals surface area contributed by atoms with Gasteiger partial charge in [0, 0.05) is 0 Å². The molecule has 0 amide bonds. The molecule has 1 rings (SSSR count). The Labute approximate surface area is 129 Å². The van der Waals surface area contributed by atoms with Gasteiger partial charge in [0.2, 0.25) is 0 Å². The lowest BCUT2D eigenvalue weighted by Gasteiger charge is -2.39. The molecule has 0 spiro atoms. The fourth-order valence-electron chi connectivity index (χ4n) is 1.76. The van der Waals surface area contributed by atoms with E-state index in [1.807, 2.05) is 37.3 Å². The summed E-state index contributed by atoms with van der Waals surface area (Å²) in [6.45, 7) is 13.3. The molecule has 1 aromatic carbocycles. The molecule has 1 aromatic rings. The topological polar surface area (TPSA) is 35.5 Å². The molecule has 0 aliphatic heterocycles. The summed E-state index contributed by atoms with van der Waals surface area (Å²) < 4.78 is 12.0. The molecule has 118 valence electrons. The van der Waals surface area contributed by atoms with Crippen molar-refractivity contribution in [1.29, 1.82) is 0 Å². The van der Waals surface area contributed by atoms with Crippen LogP contribution in [0.3, 0.4) is 0 Å². The van der Waals surface area contributed by atoms with Crippen LogP contribution in [0.15, 0.2) is 30.3 Å². The van der Waals surface area contributed by atoms with Crippen molar-refractivity contribution in [2.24, 2.45) is 0 Å². The number of benzene rings is 1. The Kier molecular flexibility index (Phi) is 6.32. The first-order valence-electron chi connectivity index (χ1n) is 7.46. The third-order valence-electron chi connectivity index (χ3n) is 4.17. The fourth-order valence-corrected chi connectivity index (χ4v) is 3.18. The van der Waals surface area contributed by atoms with Crippen LogP contribution < -0.4 is 0 Å². The van der Waals surface area contributed by atoms with E-state index in [-0.39, 0.29) is 11.1 Å². The van der Waals surface area contributed by atoms with Crippen molar-refractivity contribution in [2.45, 2.75) is 64.6 Å². The van der Waals surface area contributed by atoms with Gasteiger partial charge < -0.3 is 14.0 Å². The number of hydrogen-bond donors (Lipinski definition) is 0. The van der Waals surface area contributed by atoms with E-state index >= 15 is 0 Å². The highest BCUT2D eigenvalue weighted by Gasteiger charge is 2.39. The van der Waals surface area contributed by atoms with Crippen molar-refractivity contribution in [3.05, 3.63) is 35.9 Å². The van der Waals surface area contributed by atoms with E-state index in [0.717, 1.165) is 11.8 Å². The number of carbonyl (C=O) groups is 1. The first kappa shape index (κ1) is 18.1. The Bertz CT molecular complexity index is 437. The largest absolute Gasteiger partial charge is 0.411 e. The lowest BCUT2D eigenvalue weighted by molar-refractivity contribution is -0.125. The van der Waals surface area contributed by atoms with Crippen LogP contribution in [-0.4, -0.2) is 26.8 Å². The zero-order chi connectivity index (χ0) is 16.1. The van der Waals surface area contributed by atoms with Crippen LogP contribution in [0, 0.1) is 0 Å². The minimum absolute atomic E-state index is 0.119. The predicted molar refractivity (Wildman–Crippen MR) is 88.8 cm³/mol. The quantitative estimate of drug-likeness (QED) is 0.560. The molecule has 0 N–H and O–H groups in total. The van der Waals surface area contributed by atoms with Crippen molar-refractivity contribution in [1.82, 2.24) is 0 Å². The van der Waals surface area contributed by atoms with Crippen molar-refractivity contribution < 1.29 is 14.0 Å². The number of hydrogen-bond acceptors (Lipinski definition) is 3. The molecule has 0 heterocycles. The second-order valence-corrected chi connectivity index (χ2v) is 11.7. The van der Waals surface area contributed by atoms with Gasteiger partial charge in [-0.3, -0.25) is 0 Å². The summed E-state index contributed by atoms with van der Waals surface area (Å²) in [7, 11) is -1.89. The molecular weight excluding hydrogens is 280 g/mol. The minimum atomic E-state index is -1.89. The zero-order valence-corrected chi connectivity index (χ0v) is 15.1. The van der Waals surface area contributed by atoms with Crippen LogP contribution in [0.4, 0.5) is 0 Å². The van der Waals surface area contributed by atoms with Crippen LogP contribution >= 0.6 is 0 Å². The molecule has 0 aliphatic rings. The van der Waals surface area contributed by atoms with Gasteiger partial charge in [-0.1, -0.05) is 51.1 Å². The van der Waals surface area contributed by atoms with Crippen LogP contribution in [0.1, 0.15) is 33.3 Å². The Morgan fingerprint density at radius 2 is 1.76 bits per heavy atom. The maximum atomic E-state index is 11.3. The second kappa shape index (κ2) is 7.34. The summed E-state index contributed by atoms with van der Waals surface area (Å²) in [6, 6.07) is 9.86. The Hall–Kier alpha value is -0.973. The molecule has 0 unspecified atom stereocenters. The van der Waals surface area contributed by atoms with E-state index in [2.05, 4.69) is 33.9 Å². The Morgan fingerprint density at radius 3 is 2.24 bits per heavy atom. The third-order valence-corrected chi connectivity index (χ3v) is 8.74. The van der Waals surface area contributed by atoms with Crippen molar-refractivity contribution >= 4 is 14.6 Å².